The largest absolute Gasteiger partial charge is 0.497 e. The number of ether oxygens (including phenoxy) is 4. The highest BCUT2D eigenvalue weighted by atomic mass is 16.7. The number of methoxy groups -OCH3 is 1. The molecule has 2 aliphatic heterocycles. The summed E-state index contributed by atoms with van der Waals surface area (Å²) in [6.45, 7) is 2.45. The zero-order chi connectivity index (χ0) is 18.1. The van der Waals surface area contributed by atoms with Gasteiger partial charge in [0.25, 0.3) is 0 Å². The van der Waals surface area contributed by atoms with Crippen LogP contribution in [-0.2, 0) is 16.0 Å². The molecule has 2 aromatic rings. The SMILES string of the molecule is COc1cccc(C(OC(C)=O)C2NCCc3cc4c(cc32)OCO4)c1. The first-order valence-corrected chi connectivity index (χ1v) is 8.62. The molecule has 2 heterocycles. The second-order valence-electron chi connectivity index (χ2n) is 6.39. The summed E-state index contributed by atoms with van der Waals surface area (Å²) < 4.78 is 22.1. The molecule has 1 N–H and O–H groups in total. The van der Waals surface area contributed by atoms with E-state index < -0.39 is 6.10 Å². The Morgan fingerprint density at radius 2 is 2.04 bits per heavy atom. The van der Waals surface area contributed by atoms with Crippen LogP contribution >= 0.6 is 0 Å². The van der Waals surface area contributed by atoms with E-state index >= 15 is 0 Å². The maximum Gasteiger partial charge on any atom is 0.303 e. The monoisotopic (exact) mass is 355 g/mol. The third-order valence-corrected chi connectivity index (χ3v) is 4.75. The number of nitrogens with one attached hydrogen (secondary N) is 1. The molecular weight excluding hydrogens is 334 g/mol. The van der Waals surface area contributed by atoms with Gasteiger partial charge in [-0.1, -0.05) is 12.1 Å². The van der Waals surface area contributed by atoms with Crippen LogP contribution in [0.25, 0.3) is 0 Å². The van der Waals surface area contributed by atoms with Crippen LogP contribution in [0, 0.1) is 0 Å². The molecule has 0 aliphatic carbocycles. The Hall–Kier alpha value is -2.73. The summed E-state index contributed by atoms with van der Waals surface area (Å²) in [5.74, 6) is 1.90. The maximum atomic E-state index is 11.8. The molecule has 26 heavy (non-hydrogen) atoms. The summed E-state index contributed by atoms with van der Waals surface area (Å²) in [5, 5.41) is 3.49. The van der Waals surface area contributed by atoms with Gasteiger partial charge < -0.3 is 24.3 Å². The number of carbonyl (C=O) groups is 1. The lowest BCUT2D eigenvalue weighted by Gasteiger charge is -2.33. The molecule has 2 atom stereocenters. The molecule has 4 rings (SSSR count). The molecule has 0 saturated carbocycles. The molecule has 0 amide bonds. The predicted octanol–water partition coefficient (Wildman–Crippen LogP) is 2.92. The molecular formula is C20H21NO5. The van der Waals surface area contributed by atoms with E-state index in [1.54, 1.807) is 7.11 Å². The molecule has 136 valence electrons. The Balaban J connectivity index is 1.76. The average Bonchev–Trinajstić information content (AvgIpc) is 3.11. The first-order chi connectivity index (χ1) is 12.7. The minimum Gasteiger partial charge on any atom is -0.497 e. The van der Waals surface area contributed by atoms with E-state index in [0.29, 0.717) is 0 Å². The van der Waals surface area contributed by atoms with Gasteiger partial charge in [-0.3, -0.25) is 4.79 Å². The highest BCUT2D eigenvalue weighted by molar-refractivity contribution is 5.66. The van der Waals surface area contributed by atoms with Crippen LogP contribution in [0.4, 0.5) is 0 Å². The number of benzene rings is 2. The first-order valence-electron chi connectivity index (χ1n) is 8.62. The van der Waals surface area contributed by atoms with Crippen LogP contribution in [-0.4, -0.2) is 26.4 Å². The van der Waals surface area contributed by atoms with Crippen molar-refractivity contribution >= 4 is 5.97 Å². The van der Waals surface area contributed by atoms with Gasteiger partial charge >= 0.3 is 5.97 Å². The fraction of sp³-hybridized carbons (Fsp3) is 0.350. The Kier molecular flexibility index (Phi) is 4.42. The van der Waals surface area contributed by atoms with Crippen molar-refractivity contribution < 1.29 is 23.7 Å². The quantitative estimate of drug-likeness (QED) is 0.851. The Bertz CT molecular complexity index is 835. The summed E-state index contributed by atoms with van der Waals surface area (Å²) in [6.07, 6.45) is 0.412. The van der Waals surface area contributed by atoms with Crippen LogP contribution in [0.15, 0.2) is 36.4 Å². The number of hydrogen-bond donors (Lipinski definition) is 1. The van der Waals surface area contributed by atoms with E-state index in [0.717, 1.165) is 41.3 Å². The number of esters is 1. The molecule has 0 spiro atoms. The summed E-state index contributed by atoms with van der Waals surface area (Å²) in [7, 11) is 1.62. The lowest BCUT2D eigenvalue weighted by atomic mass is 9.88. The second kappa shape index (κ2) is 6.88. The minimum absolute atomic E-state index is 0.177. The van der Waals surface area contributed by atoms with Gasteiger partial charge in [-0.2, -0.15) is 0 Å². The van der Waals surface area contributed by atoms with Crippen LogP contribution in [0.5, 0.6) is 17.2 Å². The topological polar surface area (TPSA) is 66.0 Å². The first kappa shape index (κ1) is 16.7. The summed E-state index contributed by atoms with van der Waals surface area (Å²) in [5.41, 5.74) is 3.12. The number of rotatable bonds is 4. The van der Waals surface area contributed by atoms with Crippen LogP contribution in [0.1, 0.15) is 35.8 Å². The van der Waals surface area contributed by atoms with Crippen molar-refractivity contribution in [1.29, 1.82) is 0 Å². The smallest absolute Gasteiger partial charge is 0.303 e. The number of carbonyl (C=O) groups excluding carboxylic acids is 1. The van der Waals surface area contributed by atoms with E-state index in [9.17, 15) is 4.79 Å². The van der Waals surface area contributed by atoms with Gasteiger partial charge in [0.05, 0.1) is 13.2 Å². The van der Waals surface area contributed by atoms with Gasteiger partial charge in [-0.05, 0) is 53.9 Å². The Morgan fingerprint density at radius 1 is 1.23 bits per heavy atom. The molecule has 0 radical (unpaired) electrons. The van der Waals surface area contributed by atoms with E-state index in [1.807, 2.05) is 36.4 Å². The lowest BCUT2D eigenvalue weighted by molar-refractivity contribution is -0.148. The van der Waals surface area contributed by atoms with Crippen molar-refractivity contribution in [3.63, 3.8) is 0 Å². The molecule has 0 bridgehead atoms. The Labute approximate surface area is 152 Å². The van der Waals surface area contributed by atoms with E-state index in [2.05, 4.69) is 5.32 Å². The summed E-state index contributed by atoms with van der Waals surface area (Å²) in [6, 6.07) is 11.5. The van der Waals surface area contributed by atoms with E-state index in [1.165, 1.54) is 12.5 Å². The third kappa shape index (κ3) is 3.08. The second-order valence-corrected chi connectivity index (χ2v) is 6.39. The fourth-order valence-electron chi connectivity index (χ4n) is 3.57. The van der Waals surface area contributed by atoms with Gasteiger partial charge in [0.15, 0.2) is 11.5 Å². The molecule has 0 saturated heterocycles. The highest BCUT2D eigenvalue weighted by Crippen LogP contribution is 2.43. The lowest BCUT2D eigenvalue weighted by Crippen LogP contribution is -2.35. The number of hydrogen-bond acceptors (Lipinski definition) is 6. The normalized spacial score (nSPS) is 18.8. The standard InChI is InChI=1S/C20H21NO5/c1-12(22)26-20(14-4-3-5-15(8-14)23-2)19-16-10-18-17(24-11-25-18)9-13(16)6-7-21-19/h3-5,8-10,19-21H,6-7,11H2,1-2H3. The molecule has 2 aromatic carbocycles. The zero-order valence-electron chi connectivity index (χ0n) is 14.8. The molecule has 2 unspecified atom stereocenters. The molecule has 0 fully saturated rings. The van der Waals surface area contributed by atoms with Gasteiger partial charge in [0.1, 0.15) is 11.9 Å². The zero-order valence-corrected chi connectivity index (χ0v) is 14.8. The van der Waals surface area contributed by atoms with E-state index in [-0.39, 0.29) is 18.8 Å². The van der Waals surface area contributed by atoms with E-state index in [4.69, 9.17) is 18.9 Å². The van der Waals surface area contributed by atoms with Crippen LogP contribution in [0.2, 0.25) is 0 Å². The summed E-state index contributed by atoms with van der Waals surface area (Å²) in [4.78, 5) is 11.8. The Morgan fingerprint density at radius 3 is 2.81 bits per heavy atom. The van der Waals surface area contributed by atoms with Gasteiger partial charge in [-0.15, -0.1) is 0 Å². The maximum absolute atomic E-state index is 11.8. The van der Waals surface area contributed by atoms with Gasteiger partial charge in [-0.25, -0.2) is 0 Å². The van der Waals surface area contributed by atoms with Crippen molar-refractivity contribution in [1.82, 2.24) is 5.32 Å². The minimum atomic E-state index is -0.470. The summed E-state index contributed by atoms with van der Waals surface area (Å²) >= 11 is 0. The van der Waals surface area contributed by atoms with Crippen molar-refractivity contribution in [2.24, 2.45) is 0 Å². The van der Waals surface area contributed by atoms with Crippen molar-refractivity contribution in [2.45, 2.75) is 25.5 Å². The molecule has 2 aliphatic rings. The average molecular weight is 355 g/mol. The van der Waals surface area contributed by atoms with Gasteiger partial charge in [0.2, 0.25) is 6.79 Å². The van der Waals surface area contributed by atoms with Gasteiger partial charge in [0, 0.05) is 6.92 Å². The van der Waals surface area contributed by atoms with Crippen molar-refractivity contribution in [3.05, 3.63) is 53.1 Å². The molecule has 0 aromatic heterocycles. The number of fused-ring (bicyclic) bond motifs is 2. The predicted molar refractivity (Wildman–Crippen MR) is 94.5 cm³/mol. The highest BCUT2D eigenvalue weighted by Gasteiger charge is 2.33. The molecule has 6 heteroatoms. The third-order valence-electron chi connectivity index (χ3n) is 4.75. The fourth-order valence-corrected chi connectivity index (χ4v) is 3.57. The van der Waals surface area contributed by atoms with Crippen molar-refractivity contribution in [2.75, 3.05) is 20.4 Å². The van der Waals surface area contributed by atoms with Crippen LogP contribution < -0.4 is 19.5 Å². The molecule has 6 nitrogen and oxygen atoms in total. The van der Waals surface area contributed by atoms with Crippen molar-refractivity contribution in [3.8, 4) is 17.2 Å². The van der Waals surface area contributed by atoms with Crippen LogP contribution in [0.3, 0.4) is 0 Å².